The molecule has 0 amide bonds. The molecule has 0 N–H and O–H groups in total. The molecule has 0 aromatic heterocycles. The van der Waals surface area contributed by atoms with Crippen molar-refractivity contribution in [1.29, 1.82) is 0 Å². The molecular weight excluding hydrogens is 108 g/mol. The summed E-state index contributed by atoms with van der Waals surface area (Å²) in [4.78, 5) is 9.36. The second kappa shape index (κ2) is 4.59. The van der Waals surface area contributed by atoms with Gasteiger partial charge in [-0.2, -0.15) is 0 Å². The Morgan fingerprint density at radius 2 is 2.25 bits per heavy atom. The maximum atomic E-state index is 9.36. The zero-order valence-corrected chi connectivity index (χ0v) is 5.01. The molecule has 0 unspecified atom stereocenters. The van der Waals surface area contributed by atoms with Crippen LogP contribution in [0.2, 0.25) is 0 Å². The fraction of sp³-hybridized carbons (Fsp3) is 0.800. The smallest absolute Gasteiger partial charge is 0.419 e. The largest absolute Gasteiger partial charge is 0.430 e. The van der Waals surface area contributed by atoms with Crippen molar-refractivity contribution in [2.75, 3.05) is 6.79 Å². The fourth-order valence-corrected chi connectivity index (χ4v) is 0.194. The van der Waals surface area contributed by atoms with E-state index in [0.29, 0.717) is 0 Å². The van der Waals surface area contributed by atoms with Gasteiger partial charge in [0, 0.05) is 0 Å². The average molecular weight is 117 g/mol. The van der Waals surface area contributed by atoms with E-state index in [1.807, 2.05) is 13.8 Å². The Labute approximate surface area is 48.6 Å². The molecule has 0 aliphatic heterocycles. The van der Waals surface area contributed by atoms with E-state index in [4.69, 9.17) is 4.74 Å². The highest BCUT2D eigenvalue weighted by Crippen LogP contribution is 1.85. The minimum Gasteiger partial charge on any atom is -0.430 e. The SMILES string of the molecule is CC(C)OCO[C]=O. The van der Waals surface area contributed by atoms with E-state index in [0.717, 1.165) is 0 Å². The summed E-state index contributed by atoms with van der Waals surface area (Å²) in [5, 5.41) is 0. The summed E-state index contributed by atoms with van der Waals surface area (Å²) in [6.07, 6.45) is 0.100. The van der Waals surface area contributed by atoms with Gasteiger partial charge in [-0.05, 0) is 13.8 Å². The molecule has 8 heavy (non-hydrogen) atoms. The molecule has 3 heteroatoms. The standard InChI is InChI=1S/C5H9O3/c1-5(2)8-4-7-3-6/h5H,4H2,1-2H3. The Kier molecular flexibility index (Phi) is 4.26. The van der Waals surface area contributed by atoms with Crippen LogP contribution in [0.1, 0.15) is 13.8 Å². The van der Waals surface area contributed by atoms with Crippen LogP contribution >= 0.6 is 0 Å². The number of hydrogen-bond acceptors (Lipinski definition) is 3. The molecule has 0 aromatic carbocycles. The van der Waals surface area contributed by atoms with E-state index in [1.54, 1.807) is 0 Å². The van der Waals surface area contributed by atoms with E-state index in [9.17, 15) is 4.79 Å². The lowest BCUT2D eigenvalue weighted by Gasteiger charge is -2.02. The van der Waals surface area contributed by atoms with Crippen LogP contribution in [0.4, 0.5) is 0 Å². The van der Waals surface area contributed by atoms with Crippen molar-refractivity contribution in [2.45, 2.75) is 20.0 Å². The Morgan fingerprint density at radius 1 is 1.62 bits per heavy atom. The molecule has 3 nitrogen and oxygen atoms in total. The third kappa shape index (κ3) is 5.43. The third-order valence-corrected chi connectivity index (χ3v) is 0.519. The molecule has 0 rings (SSSR count). The summed E-state index contributed by atoms with van der Waals surface area (Å²) >= 11 is 0. The van der Waals surface area contributed by atoms with Crippen LogP contribution < -0.4 is 0 Å². The molecule has 0 bridgehead atoms. The Bertz CT molecular complexity index is 60.7. The lowest BCUT2D eigenvalue weighted by atomic mass is 10.5. The van der Waals surface area contributed by atoms with E-state index in [-0.39, 0.29) is 12.9 Å². The van der Waals surface area contributed by atoms with Gasteiger partial charge in [0.1, 0.15) is 0 Å². The van der Waals surface area contributed by atoms with Gasteiger partial charge >= 0.3 is 6.47 Å². The van der Waals surface area contributed by atoms with Crippen LogP contribution in [0.25, 0.3) is 0 Å². The number of rotatable bonds is 4. The first-order valence-electron chi connectivity index (χ1n) is 2.38. The zero-order chi connectivity index (χ0) is 6.41. The molecule has 0 fully saturated rings. The van der Waals surface area contributed by atoms with E-state index in [1.165, 1.54) is 6.47 Å². The van der Waals surface area contributed by atoms with E-state index in [2.05, 4.69) is 4.74 Å². The molecule has 0 aliphatic rings. The van der Waals surface area contributed by atoms with Crippen molar-refractivity contribution in [3.8, 4) is 0 Å². The topological polar surface area (TPSA) is 35.5 Å². The van der Waals surface area contributed by atoms with Crippen LogP contribution in [-0.4, -0.2) is 19.4 Å². The van der Waals surface area contributed by atoms with Crippen LogP contribution in [0.3, 0.4) is 0 Å². The lowest BCUT2D eigenvalue weighted by Crippen LogP contribution is -2.05. The normalized spacial score (nSPS) is 9.38. The van der Waals surface area contributed by atoms with Gasteiger partial charge in [0.15, 0.2) is 6.79 Å². The van der Waals surface area contributed by atoms with Crippen molar-refractivity contribution in [3.05, 3.63) is 0 Å². The molecule has 0 aliphatic carbocycles. The van der Waals surface area contributed by atoms with Crippen LogP contribution in [-0.2, 0) is 14.3 Å². The van der Waals surface area contributed by atoms with Crippen molar-refractivity contribution in [2.24, 2.45) is 0 Å². The van der Waals surface area contributed by atoms with Crippen LogP contribution in [0, 0.1) is 0 Å². The molecule has 0 spiro atoms. The van der Waals surface area contributed by atoms with E-state index >= 15 is 0 Å². The molecule has 0 saturated carbocycles. The minimum atomic E-state index is 0.00116. The fourth-order valence-electron chi connectivity index (χ4n) is 0.194. The zero-order valence-electron chi connectivity index (χ0n) is 5.01. The summed E-state index contributed by atoms with van der Waals surface area (Å²) in [6.45, 7) is 4.96. The van der Waals surface area contributed by atoms with E-state index < -0.39 is 0 Å². The Balaban J connectivity index is 2.81. The second-order valence-electron chi connectivity index (χ2n) is 1.56. The molecule has 0 heterocycles. The van der Waals surface area contributed by atoms with Gasteiger partial charge in [0.25, 0.3) is 0 Å². The summed E-state index contributed by atoms with van der Waals surface area (Å²) in [5.41, 5.74) is 0. The molecule has 1 radical (unpaired) electrons. The van der Waals surface area contributed by atoms with Gasteiger partial charge in [0.2, 0.25) is 0 Å². The molecular formula is C5H9O3. The molecule has 0 aromatic rings. The van der Waals surface area contributed by atoms with Gasteiger partial charge in [0.05, 0.1) is 6.10 Å². The summed E-state index contributed by atoms with van der Waals surface area (Å²) < 4.78 is 8.91. The minimum absolute atomic E-state index is 0.00116. The summed E-state index contributed by atoms with van der Waals surface area (Å²) in [5.74, 6) is 0. The summed E-state index contributed by atoms with van der Waals surface area (Å²) in [6, 6.07) is 0. The number of carbonyl (C=O) groups excluding carboxylic acids is 1. The number of hydrogen-bond donors (Lipinski definition) is 0. The highest BCUT2D eigenvalue weighted by molar-refractivity contribution is 5.37. The monoisotopic (exact) mass is 117 g/mol. The first kappa shape index (κ1) is 7.43. The first-order chi connectivity index (χ1) is 3.77. The maximum Gasteiger partial charge on any atom is 0.419 e. The molecule has 47 valence electrons. The highest BCUT2D eigenvalue weighted by atomic mass is 16.7. The van der Waals surface area contributed by atoms with Crippen molar-refractivity contribution in [3.63, 3.8) is 0 Å². The van der Waals surface area contributed by atoms with Crippen molar-refractivity contribution >= 4 is 6.47 Å². The number of ether oxygens (including phenoxy) is 2. The van der Waals surface area contributed by atoms with Crippen LogP contribution in [0.15, 0.2) is 0 Å². The predicted molar refractivity (Wildman–Crippen MR) is 27.9 cm³/mol. The van der Waals surface area contributed by atoms with Gasteiger partial charge in [-0.1, -0.05) is 0 Å². The second-order valence-corrected chi connectivity index (χ2v) is 1.56. The van der Waals surface area contributed by atoms with Gasteiger partial charge in [-0.25, -0.2) is 4.79 Å². The van der Waals surface area contributed by atoms with Crippen molar-refractivity contribution < 1.29 is 14.3 Å². The lowest BCUT2D eigenvalue weighted by molar-refractivity contribution is -0.0277. The molecule has 0 saturated heterocycles. The first-order valence-corrected chi connectivity index (χ1v) is 2.38. The quantitative estimate of drug-likeness (QED) is 0.396. The maximum absolute atomic E-state index is 9.36. The highest BCUT2D eigenvalue weighted by Gasteiger charge is 1.89. The third-order valence-electron chi connectivity index (χ3n) is 0.519. The summed E-state index contributed by atoms with van der Waals surface area (Å²) in [7, 11) is 0. The van der Waals surface area contributed by atoms with Crippen molar-refractivity contribution in [1.82, 2.24) is 0 Å². The Hall–Kier alpha value is -0.570. The Morgan fingerprint density at radius 3 is 2.62 bits per heavy atom. The predicted octanol–water partition coefficient (Wildman–Crippen LogP) is 0.453. The molecule has 0 atom stereocenters. The van der Waals surface area contributed by atoms with Gasteiger partial charge in [-0.3, -0.25) is 0 Å². The van der Waals surface area contributed by atoms with Gasteiger partial charge in [-0.15, -0.1) is 0 Å². The average Bonchev–Trinajstić information content (AvgIpc) is 1.66. The van der Waals surface area contributed by atoms with Gasteiger partial charge < -0.3 is 9.47 Å². The van der Waals surface area contributed by atoms with Crippen LogP contribution in [0.5, 0.6) is 0 Å².